The minimum Gasteiger partial charge on any atom is -0.275 e. The molecule has 0 radical (unpaired) electrons. The molecule has 0 saturated carbocycles. The number of likely N-dealkylation sites (N-methyl/N-ethyl adjacent to an activating group) is 2. The van der Waals surface area contributed by atoms with Crippen molar-refractivity contribution in [1.82, 2.24) is 14.7 Å². The summed E-state index contributed by atoms with van der Waals surface area (Å²) in [6.07, 6.45) is 0.854. The van der Waals surface area contributed by atoms with Crippen molar-refractivity contribution in [3.63, 3.8) is 0 Å². The number of hydrogen-bond donors (Lipinski definition) is 0. The van der Waals surface area contributed by atoms with Crippen LogP contribution in [0.25, 0.3) is 0 Å². The first-order valence-corrected chi connectivity index (χ1v) is 5.72. The molecule has 1 saturated heterocycles. The van der Waals surface area contributed by atoms with Gasteiger partial charge in [0.25, 0.3) is 11.8 Å². The summed E-state index contributed by atoms with van der Waals surface area (Å²) in [4.78, 5) is 65.3. The summed E-state index contributed by atoms with van der Waals surface area (Å²) in [7, 11) is 2.37. The summed E-state index contributed by atoms with van der Waals surface area (Å²) < 4.78 is 0. The van der Waals surface area contributed by atoms with E-state index in [0.717, 1.165) is 13.1 Å². The van der Waals surface area contributed by atoms with Gasteiger partial charge in [0.1, 0.15) is 0 Å². The number of urea groups is 2. The Hall–Kier alpha value is -2.58. The molecule has 0 bridgehead atoms. The topological polar surface area (TPSA) is 107 Å². The highest BCUT2D eigenvalue weighted by molar-refractivity contribution is 6.27. The molecule has 0 aromatic heterocycles. The van der Waals surface area contributed by atoms with Gasteiger partial charge < -0.3 is 0 Å². The lowest BCUT2D eigenvalue weighted by Crippen LogP contribution is -2.75. The molecule has 1 fully saturated rings. The van der Waals surface area contributed by atoms with Crippen LogP contribution in [0.3, 0.4) is 0 Å². The maximum absolute atomic E-state index is 12.4. The second-order valence-electron chi connectivity index (χ2n) is 4.52. The maximum Gasteiger partial charge on any atom is 0.351 e. The molecule has 9 heteroatoms. The summed E-state index contributed by atoms with van der Waals surface area (Å²) >= 11 is 0. The fraction of sp³-hybridized carbons (Fsp3) is 0.455. The normalized spacial score (nSPS) is 22.1. The molecule has 2 aliphatic heterocycles. The van der Waals surface area contributed by atoms with Gasteiger partial charge in [-0.15, -0.1) is 0 Å². The largest absolute Gasteiger partial charge is 0.351 e. The Bertz CT molecular complexity index is 557. The van der Waals surface area contributed by atoms with E-state index in [4.69, 9.17) is 0 Å². The summed E-state index contributed by atoms with van der Waals surface area (Å²) in [5.74, 6) is -2.62. The van der Waals surface area contributed by atoms with Gasteiger partial charge in [0.2, 0.25) is 11.4 Å². The zero-order valence-electron chi connectivity index (χ0n) is 11.1. The lowest BCUT2D eigenvalue weighted by molar-refractivity contribution is -0.162. The average Bonchev–Trinajstić information content (AvgIpc) is 2.40. The van der Waals surface area contributed by atoms with Crippen LogP contribution < -0.4 is 0 Å². The van der Waals surface area contributed by atoms with Gasteiger partial charge in [-0.25, -0.2) is 19.5 Å². The molecule has 106 valence electrons. The summed E-state index contributed by atoms with van der Waals surface area (Å²) in [6, 6.07) is -1.81. The third kappa shape index (κ3) is 1.49. The van der Waals surface area contributed by atoms with Gasteiger partial charge in [0, 0.05) is 33.7 Å². The third-order valence-corrected chi connectivity index (χ3v) is 3.37. The number of aliphatic imine (C=N–C) groups is 1. The summed E-state index contributed by atoms with van der Waals surface area (Å²) in [5.41, 5.74) is -2.05. The fourth-order valence-corrected chi connectivity index (χ4v) is 2.38. The zero-order valence-corrected chi connectivity index (χ0v) is 11.1. The number of carbonyl (C=O) groups is 5. The molecule has 2 aliphatic rings. The van der Waals surface area contributed by atoms with Crippen molar-refractivity contribution in [2.75, 3.05) is 14.1 Å². The van der Waals surface area contributed by atoms with Crippen LogP contribution in [-0.4, -0.2) is 70.3 Å². The highest BCUT2D eigenvalue weighted by Gasteiger charge is 2.62. The molecule has 0 atom stereocenters. The van der Waals surface area contributed by atoms with Gasteiger partial charge in [-0.1, -0.05) is 0 Å². The Kier molecular flexibility index (Phi) is 2.92. The van der Waals surface area contributed by atoms with Crippen LogP contribution in [0.1, 0.15) is 13.3 Å². The second kappa shape index (κ2) is 4.22. The van der Waals surface area contributed by atoms with Crippen LogP contribution >= 0.6 is 0 Å². The molecule has 2 rings (SSSR count). The van der Waals surface area contributed by atoms with Crippen LogP contribution in [-0.2, 0) is 14.4 Å². The van der Waals surface area contributed by atoms with Crippen molar-refractivity contribution in [3.05, 3.63) is 0 Å². The van der Waals surface area contributed by atoms with Gasteiger partial charge in [-0.2, -0.15) is 0 Å². The number of carbonyl (C=O) groups excluding carboxylic acids is 5. The van der Waals surface area contributed by atoms with E-state index in [2.05, 4.69) is 4.99 Å². The monoisotopic (exact) mass is 280 g/mol. The van der Waals surface area contributed by atoms with Crippen molar-refractivity contribution in [1.29, 1.82) is 0 Å². The lowest BCUT2D eigenvalue weighted by atomic mass is 9.87. The van der Waals surface area contributed by atoms with Crippen molar-refractivity contribution in [2.45, 2.75) is 18.9 Å². The predicted octanol–water partition coefficient (Wildman–Crippen LogP) is -0.781. The number of nitrogens with zero attached hydrogens (tertiary/aromatic N) is 4. The first kappa shape index (κ1) is 13.8. The van der Waals surface area contributed by atoms with E-state index in [1.165, 1.54) is 14.1 Å². The molecule has 0 aliphatic carbocycles. The number of barbiturate groups is 1. The van der Waals surface area contributed by atoms with Crippen molar-refractivity contribution in [3.8, 4) is 0 Å². The lowest BCUT2D eigenvalue weighted by Gasteiger charge is -2.46. The van der Waals surface area contributed by atoms with Gasteiger partial charge in [0.05, 0.1) is 0 Å². The van der Waals surface area contributed by atoms with Crippen LogP contribution in [0, 0.1) is 0 Å². The molecule has 0 unspecified atom stereocenters. The Morgan fingerprint density at radius 2 is 1.65 bits per heavy atom. The minimum absolute atomic E-state index is 0.252. The van der Waals surface area contributed by atoms with Gasteiger partial charge >= 0.3 is 12.1 Å². The Morgan fingerprint density at radius 3 is 2.10 bits per heavy atom. The number of amides is 7. The molecule has 0 N–H and O–H groups in total. The Morgan fingerprint density at radius 1 is 1.15 bits per heavy atom. The number of hydrogen-bond acceptors (Lipinski definition) is 5. The second-order valence-corrected chi connectivity index (χ2v) is 4.52. The van der Waals surface area contributed by atoms with Crippen LogP contribution in [0.15, 0.2) is 4.99 Å². The molecule has 9 nitrogen and oxygen atoms in total. The van der Waals surface area contributed by atoms with Crippen LogP contribution in [0.5, 0.6) is 0 Å². The summed E-state index contributed by atoms with van der Waals surface area (Å²) in [6.45, 7) is 1.05. The molecular weight excluding hydrogens is 268 g/mol. The van der Waals surface area contributed by atoms with E-state index >= 15 is 0 Å². The Balaban J connectivity index is 2.66. The predicted molar refractivity (Wildman–Crippen MR) is 64.7 cm³/mol. The highest BCUT2D eigenvalue weighted by Crippen LogP contribution is 2.32. The number of imide groups is 3. The Labute approximate surface area is 113 Å². The van der Waals surface area contributed by atoms with Gasteiger partial charge in [-0.05, 0) is 0 Å². The average molecular weight is 280 g/mol. The minimum atomic E-state index is -2.05. The van der Waals surface area contributed by atoms with Crippen molar-refractivity contribution < 1.29 is 24.0 Å². The summed E-state index contributed by atoms with van der Waals surface area (Å²) in [5, 5.41) is 0. The molecule has 7 amide bonds. The SMILES string of the molecule is CC(=O)N1C(=O)N=CCC12C(=O)N(C)C(=O)N(C)C2=O. The molecule has 0 aromatic carbocycles. The highest BCUT2D eigenvalue weighted by atomic mass is 16.2. The van der Waals surface area contributed by atoms with E-state index in [0.29, 0.717) is 14.7 Å². The van der Waals surface area contributed by atoms with E-state index in [1.54, 1.807) is 0 Å². The molecule has 1 spiro atoms. The van der Waals surface area contributed by atoms with Crippen molar-refractivity contribution in [2.24, 2.45) is 4.99 Å². The molecule has 2 heterocycles. The molecular formula is C11H12N4O5. The first-order chi connectivity index (χ1) is 9.25. The standard InChI is InChI=1S/C11H12N4O5/c1-6(16)15-9(19)12-5-4-11(15)7(17)13(2)10(20)14(3)8(11)18/h5H,4H2,1-3H3. The van der Waals surface area contributed by atoms with Crippen molar-refractivity contribution >= 4 is 36.0 Å². The van der Waals surface area contributed by atoms with Crippen LogP contribution in [0.4, 0.5) is 9.59 Å². The zero-order chi connectivity index (χ0) is 15.2. The number of rotatable bonds is 0. The third-order valence-electron chi connectivity index (χ3n) is 3.37. The smallest absolute Gasteiger partial charge is 0.275 e. The van der Waals surface area contributed by atoms with Gasteiger partial charge in [-0.3, -0.25) is 24.2 Å². The first-order valence-electron chi connectivity index (χ1n) is 5.72. The van der Waals surface area contributed by atoms with E-state index < -0.39 is 35.3 Å². The molecule has 0 aromatic rings. The van der Waals surface area contributed by atoms with Crippen LogP contribution in [0.2, 0.25) is 0 Å². The van der Waals surface area contributed by atoms with E-state index in [-0.39, 0.29) is 6.42 Å². The molecule has 20 heavy (non-hydrogen) atoms. The van der Waals surface area contributed by atoms with Gasteiger partial charge in [0.15, 0.2) is 0 Å². The fourth-order valence-electron chi connectivity index (χ4n) is 2.38. The van der Waals surface area contributed by atoms with E-state index in [9.17, 15) is 24.0 Å². The quantitative estimate of drug-likeness (QED) is 0.541. The maximum atomic E-state index is 12.4. The van der Waals surface area contributed by atoms with E-state index in [1.807, 2.05) is 0 Å².